The second-order valence-corrected chi connectivity index (χ2v) is 8.49. The summed E-state index contributed by atoms with van der Waals surface area (Å²) in [6, 6.07) is 2.66. The molecule has 0 bridgehead atoms. The van der Waals surface area contributed by atoms with Gasteiger partial charge in [-0.2, -0.15) is 0 Å². The molecule has 0 spiro atoms. The average Bonchev–Trinajstić information content (AvgIpc) is 3.34. The number of hydrogen-bond donors (Lipinski definition) is 7. The highest BCUT2D eigenvalue weighted by Crippen LogP contribution is 2.12. The Kier molecular flexibility index (Phi) is 10.8. The molecule has 1 aliphatic heterocycles. The number of nitrogens with two attached hydrogens (primary N) is 1. The van der Waals surface area contributed by atoms with Crippen LogP contribution in [0.5, 0.6) is 5.75 Å². The minimum absolute atomic E-state index is 0.0523. The molecule has 0 saturated carbocycles. The smallest absolute Gasteiger partial charge is 0.326 e. The molecule has 0 aromatic heterocycles. The number of carboxylic acids is 1. The van der Waals surface area contributed by atoms with E-state index in [-0.39, 0.29) is 30.5 Å². The fraction of sp³-hybridized carbons (Fsp3) is 0.565. The van der Waals surface area contributed by atoms with E-state index in [4.69, 9.17) is 5.73 Å². The molecular formula is C23H35N5O6. The van der Waals surface area contributed by atoms with Crippen LogP contribution in [0.25, 0.3) is 0 Å². The van der Waals surface area contributed by atoms with E-state index in [1.807, 2.05) is 0 Å². The maximum absolute atomic E-state index is 13.0. The molecule has 4 unspecified atom stereocenters. The molecule has 34 heavy (non-hydrogen) atoms. The molecule has 2 rings (SSSR count). The van der Waals surface area contributed by atoms with Crippen molar-refractivity contribution in [1.29, 1.82) is 0 Å². The molecule has 1 aromatic rings. The number of phenols is 1. The van der Waals surface area contributed by atoms with Gasteiger partial charge in [-0.05, 0) is 69.8 Å². The summed E-state index contributed by atoms with van der Waals surface area (Å²) in [4.78, 5) is 49.7. The van der Waals surface area contributed by atoms with Gasteiger partial charge in [0.25, 0.3) is 0 Å². The van der Waals surface area contributed by atoms with Crippen molar-refractivity contribution in [3.05, 3.63) is 29.8 Å². The quantitative estimate of drug-likeness (QED) is 0.183. The molecule has 4 atom stereocenters. The van der Waals surface area contributed by atoms with E-state index in [1.165, 1.54) is 19.1 Å². The highest BCUT2D eigenvalue weighted by atomic mass is 16.4. The van der Waals surface area contributed by atoms with Gasteiger partial charge in [0, 0.05) is 6.42 Å². The third-order valence-corrected chi connectivity index (χ3v) is 5.70. The molecule has 8 N–H and O–H groups in total. The monoisotopic (exact) mass is 477 g/mol. The van der Waals surface area contributed by atoms with Gasteiger partial charge in [0.1, 0.15) is 23.9 Å². The molecule has 0 aliphatic carbocycles. The third-order valence-electron chi connectivity index (χ3n) is 5.70. The second-order valence-electron chi connectivity index (χ2n) is 8.49. The number of carboxylic acid groups (broad SMARTS) is 1. The van der Waals surface area contributed by atoms with Crippen LogP contribution in [0, 0.1) is 0 Å². The summed E-state index contributed by atoms with van der Waals surface area (Å²) >= 11 is 0. The summed E-state index contributed by atoms with van der Waals surface area (Å²) in [5.74, 6) is -2.63. The van der Waals surface area contributed by atoms with E-state index in [9.17, 15) is 29.4 Å². The number of carbonyl (C=O) groups excluding carboxylic acids is 3. The fourth-order valence-electron chi connectivity index (χ4n) is 3.68. The van der Waals surface area contributed by atoms with Gasteiger partial charge in [-0.1, -0.05) is 12.1 Å². The van der Waals surface area contributed by atoms with Gasteiger partial charge < -0.3 is 37.2 Å². The zero-order valence-corrected chi connectivity index (χ0v) is 19.4. The summed E-state index contributed by atoms with van der Waals surface area (Å²) in [5, 5.41) is 29.8. The number of phenolic OH excluding ortho intramolecular Hbond substituents is 1. The topological polar surface area (TPSA) is 183 Å². The Labute approximate surface area is 198 Å². The highest BCUT2D eigenvalue weighted by molar-refractivity contribution is 5.94. The molecule has 1 aromatic carbocycles. The van der Waals surface area contributed by atoms with E-state index in [2.05, 4.69) is 21.3 Å². The third kappa shape index (κ3) is 8.64. The molecule has 0 radical (unpaired) electrons. The van der Waals surface area contributed by atoms with Gasteiger partial charge >= 0.3 is 5.97 Å². The zero-order chi connectivity index (χ0) is 25.1. The number of unbranched alkanes of at least 4 members (excludes halogenated alkanes) is 1. The van der Waals surface area contributed by atoms with Crippen molar-refractivity contribution in [2.45, 2.75) is 69.6 Å². The summed E-state index contributed by atoms with van der Waals surface area (Å²) in [6.45, 7) is 2.67. The molecule has 11 nitrogen and oxygen atoms in total. The first-order chi connectivity index (χ1) is 16.2. The average molecular weight is 478 g/mol. The number of carbonyl (C=O) groups is 4. The van der Waals surface area contributed by atoms with Crippen LogP contribution in [0.2, 0.25) is 0 Å². The number of nitrogens with one attached hydrogen (secondary N) is 4. The Bertz CT molecular complexity index is 841. The van der Waals surface area contributed by atoms with Crippen LogP contribution in [0.4, 0.5) is 0 Å². The molecule has 1 heterocycles. The molecule has 11 heteroatoms. The van der Waals surface area contributed by atoms with Crippen LogP contribution in [-0.2, 0) is 25.6 Å². The van der Waals surface area contributed by atoms with Crippen molar-refractivity contribution in [2.75, 3.05) is 13.1 Å². The number of amides is 3. The number of hydrogen-bond acceptors (Lipinski definition) is 7. The van der Waals surface area contributed by atoms with E-state index in [1.54, 1.807) is 12.1 Å². The summed E-state index contributed by atoms with van der Waals surface area (Å²) in [5.41, 5.74) is 6.11. The van der Waals surface area contributed by atoms with Crippen molar-refractivity contribution in [3.8, 4) is 5.75 Å². The maximum Gasteiger partial charge on any atom is 0.326 e. The predicted molar refractivity (Wildman–Crippen MR) is 125 cm³/mol. The maximum atomic E-state index is 13.0. The largest absolute Gasteiger partial charge is 0.508 e. The lowest BCUT2D eigenvalue weighted by molar-refractivity contribution is -0.142. The van der Waals surface area contributed by atoms with E-state index in [0.717, 1.165) is 13.0 Å². The molecule has 1 saturated heterocycles. The lowest BCUT2D eigenvalue weighted by Crippen LogP contribution is -2.56. The standard InChI is InChI=1S/C23H35N5O6/c1-14(26-21(31)17-6-4-12-25-17)20(30)28-19(13-15-7-9-16(29)10-8-15)22(32)27-18(23(33)34)5-2-3-11-24/h7-10,14,17-19,25,29H,2-6,11-13,24H2,1H3,(H,26,31)(H,27,32)(H,28,30)(H,33,34). The first-order valence-electron chi connectivity index (χ1n) is 11.6. The van der Waals surface area contributed by atoms with Gasteiger partial charge in [-0.3, -0.25) is 14.4 Å². The number of aliphatic carboxylic acids is 1. The Morgan fingerprint density at radius 1 is 1.06 bits per heavy atom. The summed E-state index contributed by atoms with van der Waals surface area (Å²) in [7, 11) is 0. The van der Waals surface area contributed by atoms with Gasteiger partial charge in [0.05, 0.1) is 6.04 Å². The highest BCUT2D eigenvalue weighted by Gasteiger charge is 2.30. The first-order valence-corrected chi connectivity index (χ1v) is 11.6. The van der Waals surface area contributed by atoms with Gasteiger partial charge in [0.2, 0.25) is 17.7 Å². The fourth-order valence-corrected chi connectivity index (χ4v) is 3.68. The molecule has 188 valence electrons. The van der Waals surface area contributed by atoms with Gasteiger partial charge in [-0.15, -0.1) is 0 Å². The van der Waals surface area contributed by atoms with Crippen LogP contribution in [0.3, 0.4) is 0 Å². The second kappa shape index (κ2) is 13.5. The Morgan fingerprint density at radius 3 is 2.32 bits per heavy atom. The molecule has 1 aliphatic rings. The Hall–Kier alpha value is -3.18. The SMILES string of the molecule is CC(NC(=O)C1CCCN1)C(=O)NC(Cc1ccc(O)cc1)C(=O)NC(CCCCN)C(=O)O. The minimum atomic E-state index is -1.18. The Morgan fingerprint density at radius 2 is 1.74 bits per heavy atom. The molecule has 3 amide bonds. The number of aromatic hydroxyl groups is 1. The predicted octanol–water partition coefficient (Wildman–Crippen LogP) is -0.625. The minimum Gasteiger partial charge on any atom is -0.508 e. The van der Waals surface area contributed by atoms with Crippen LogP contribution in [0.1, 0.15) is 44.6 Å². The van der Waals surface area contributed by atoms with Crippen molar-refractivity contribution >= 4 is 23.7 Å². The van der Waals surface area contributed by atoms with Crippen molar-refractivity contribution in [2.24, 2.45) is 5.73 Å². The summed E-state index contributed by atoms with van der Waals surface area (Å²) in [6.07, 6.45) is 2.99. The molecular weight excluding hydrogens is 442 g/mol. The summed E-state index contributed by atoms with van der Waals surface area (Å²) < 4.78 is 0. The number of benzene rings is 1. The number of rotatable bonds is 13. The van der Waals surface area contributed by atoms with Crippen molar-refractivity contribution in [3.63, 3.8) is 0 Å². The van der Waals surface area contributed by atoms with Gasteiger partial charge in [-0.25, -0.2) is 4.79 Å². The molecule has 1 fully saturated rings. The Balaban J connectivity index is 2.08. The van der Waals surface area contributed by atoms with Crippen LogP contribution < -0.4 is 27.0 Å². The van der Waals surface area contributed by atoms with Gasteiger partial charge in [0.15, 0.2) is 0 Å². The van der Waals surface area contributed by atoms with E-state index in [0.29, 0.717) is 31.4 Å². The van der Waals surface area contributed by atoms with Crippen LogP contribution >= 0.6 is 0 Å². The van der Waals surface area contributed by atoms with E-state index < -0.39 is 35.9 Å². The zero-order valence-electron chi connectivity index (χ0n) is 19.4. The van der Waals surface area contributed by atoms with E-state index >= 15 is 0 Å². The lowest BCUT2D eigenvalue weighted by Gasteiger charge is -2.24. The van der Waals surface area contributed by atoms with Crippen molar-refractivity contribution < 1.29 is 29.4 Å². The van der Waals surface area contributed by atoms with Crippen LogP contribution in [-0.4, -0.2) is 71.2 Å². The lowest BCUT2D eigenvalue weighted by atomic mass is 10.0. The first kappa shape index (κ1) is 27.1. The van der Waals surface area contributed by atoms with Crippen LogP contribution in [0.15, 0.2) is 24.3 Å². The normalized spacial score (nSPS) is 17.9. The van der Waals surface area contributed by atoms with Crippen molar-refractivity contribution in [1.82, 2.24) is 21.3 Å².